The maximum atomic E-state index is 12.6. The van der Waals surface area contributed by atoms with Crippen LogP contribution in [0.15, 0.2) is 29.2 Å². The summed E-state index contributed by atoms with van der Waals surface area (Å²) in [5, 5.41) is 0. The zero-order chi connectivity index (χ0) is 20.2. The second kappa shape index (κ2) is 8.81. The molecule has 1 atom stereocenters. The summed E-state index contributed by atoms with van der Waals surface area (Å²) in [7, 11) is 3.24. The lowest BCUT2D eigenvalue weighted by molar-refractivity contribution is -0.141. The second-order valence-electron chi connectivity index (χ2n) is 6.92. The van der Waals surface area contributed by atoms with E-state index in [1.165, 1.54) is 19.2 Å². The Morgan fingerprint density at radius 1 is 1.19 bits per heavy atom. The summed E-state index contributed by atoms with van der Waals surface area (Å²) in [5.74, 6) is 0.00270. The Kier molecular flexibility index (Phi) is 6.96. The number of hydrogen-bond acceptors (Lipinski definition) is 5. The molecule has 1 heterocycles. The summed E-state index contributed by atoms with van der Waals surface area (Å²) < 4.78 is 25.7. The van der Waals surface area contributed by atoms with Crippen molar-refractivity contribution in [3.63, 3.8) is 0 Å². The number of rotatable bonds is 6. The predicted octanol–water partition coefficient (Wildman–Crippen LogP) is -0.242. The molecule has 1 aliphatic rings. The van der Waals surface area contributed by atoms with Gasteiger partial charge in [0, 0.05) is 40.2 Å². The topological polar surface area (TPSA) is 90.0 Å². The highest BCUT2D eigenvalue weighted by molar-refractivity contribution is 7.89. The molecule has 1 saturated heterocycles. The van der Waals surface area contributed by atoms with Crippen LogP contribution in [0.5, 0.6) is 0 Å². The molecule has 0 spiro atoms. The molecule has 1 fully saturated rings. The van der Waals surface area contributed by atoms with Gasteiger partial charge in [0.25, 0.3) is 0 Å². The van der Waals surface area contributed by atoms with Crippen molar-refractivity contribution in [3.8, 4) is 0 Å². The van der Waals surface area contributed by atoms with Gasteiger partial charge in [-0.15, -0.1) is 0 Å². The Labute approximate surface area is 161 Å². The molecule has 27 heavy (non-hydrogen) atoms. The van der Waals surface area contributed by atoms with Gasteiger partial charge in [-0.3, -0.25) is 14.5 Å². The molecule has 2 amide bonds. The summed E-state index contributed by atoms with van der Waals surface area (Å²) in [6, 6.07) is 6.20. The van der Waals surface area contributed by atoms with Crippen molar-refractivity contribution >= 4 is 21.8 Å². The quantitative estimate of drug-likeness (QED) is 0.717. The van der Waals surface area contributed by atoms with Gasteiger partial charge in [0.2, 0.25) is 21.8 Å². The molecule has 0 saturated carbocycles. The van der Waals surface area contributed by atoms with Gasteiger partial charge in [0.1, 0.15) is 6.04 Å². The molecular formula is C18H28N4O4S. The zero-order valence-electron chi connectivity index (χ0n) is 16.3. The number of nitrogens with one attached hydrogen (secondary N) is 1. The first-order valence-electron chi connectivity index (χ1n) is 8.87. The number of amides is 2. The third-order valence-corrected chi connectivity index (χ3v) is 6.29. The van der Waals surface area contributed by atoms with Crippen LogP contribution >= 0.6 is 0 Å². The number of aryl methyl sites for hydroxylation is 1. The first kappa shape index (κ1) is 21.3. The molecule has 0 radical (unpaired) electrons. The molecular weight excluding hydrogens is 368 g/mol. The number of carbonyl (C=O) groups is 2. The molecule has 0 aromatic heterocycles. The number of carbonyl (C=O) groups excluding carboxylic acids is 2. The Morgan fingerprint density at radius 2 is 1.81 bits per heavy atom. The molecule has 1 N–H and O–H groups in total. The number of nitrogens with zero attached hydrogens (tertiary/aromatic N) is 3. The average Bonchev–Trinajstić information content (AvgIpc) is 2.66. The molecule has 0 bridgehead atoms. The van der Waals surface area contributed by atoms with Crippen LogP contribution in [0.4, 0.5) is 0 Å². The lowest BCUT2D eigenvalue weighted by Crippen LogP contribution is -2.58. The maximum absolute atomic E-state index is 12.6. The van der Waals surface area contributed by atoms with E-state index in [0.717, 1.165) is 5.56 Å². The largest absolute Gasteiger partial charge is 0.347 e. The molecule has 1 aromatic carbocycles. The van der Waals surface area contributed by atoms with Gasteiger partial charge >= 0.3 is 0 Å². The molecule has 9 heteroatoms. The van der Waals surface area contributed by atoms with Gasteiger partial charge in [0.05, 0.1) is 4.90 Å². The van der Waals surface area contributed by atoms with Gasteiger partial charge in [0.15, 0.2) is 0 Å². The van der Waals surface area contributed by atoms with Crippen molar-refractivity contribution in [2.24, 2.45) is 0 Å². The van der Waals surface area contributed by atoms with Gasteiger partial charge in [-0.25, -0.2) is 13.1 Å². The molecule has 0 aliphatic carbocycles. The van der Waals surface area contributed by atoms with Crippen LogP contribution in [0.25, 0.3) is 0 Å². The van der Waals surface area contributed by atoms with E-state index in [0.29, 0.717) is 32.5 Å². The normalized spacial score (nSPS) is 18.4. The fourth-order valence-electron chi connectivity index (χ4n) is 3.03. The van der Waals surface area contributed by atoms with Crippen LogP contribution in [0.1, 0.15) is 12.0 Å². The number of piperazine rings is 1. The minimum absolute atomic E-state index is 0.00340. The van der Waals surface area contributed by atoms with Crippen LogP contribution in [-0.4, -0.2) is 88.8 Å². The van der Waals surface area contributed by atoms with Crippen molar-refractivity contribution in [1.29, 1.82) is 0 Å². The van der Waals surface area contributed by atoms with E-state index >= 15 is 0 Å². The van der Waals surface area contributed by atoms with Gasteiger partial charge in [-0.2, -0.15) is 0 Å². The summed E-state index contributed by atoms with van der Waals surface area (Å²) in [6.45, 7) is 1.66. The summed E-state index contributed by atoms with van der Waals surface area (Å²) in [6.07, 6.45) is 0.849. The monoisotopic (exact) mass is 396 g/mol. The van der Waals surface area contributed by atoms with E-state index in [4.69, 9.17) is 0 Å². The smallest absolute Gasteiger partial charge is 0.241 e. The minimum atomic E-state index is -3.46. The Bertz CT molecular complexity index is 777. The van der Waals surface area contributed by atoms with E-state index in [9.17, 15) is 18.0 Å². The summed E-state index contributed by atoms with van der Waals surface area (Å²) >= 11 is 0. The lowest BCUT2D eigenvalue weighted by atomic mass is 10.1. The van der Waals surface area contributed by atoms with Crippen molar-refractivity contribution in [3.05, 3.63) is 29.8 Å². The number of hydrogen-bond donors (Lipinski definition) is 1. The van der Waals surface area contributed by atoms with E-state index < -0.39 is 10.0 Å². The van der Waals surface area contributed by atoms with E-state index in [2.05, 4.69) is 4.72 Å². The highest BCUT2D eigenvalue weighted by Gasteiger charge is 2.32. The SMILES string of the molecule is CNS(=O)(=O)c1ccc(CCC(=O)N2CCN(C)C(C(=O)N(C)C)C2)cc1. The van der Waals surface area contributed by atoms with E-state index in [-0.39, 0.29) is 22.8 Å². The molecule has 150 valence electrons. The molecule has 1 aliphatic heterocycles. The van der Waals surface area contributed by atoms with Gasteiger partial charge in [-0.1, -0.05) is 12.1 Å². The fourth-order valence-corrected chi connectivity index (χ4v) is 3.76. The summed E-state index contributed by atoms with van der Waals surface area (Å²) in [5.41, 5.74) is 0.897. The van der Waals surface area contributed by atoms with E-state index in [1.807, 2.05) is 11.9 Å². The van der Waals surface area contributed by atoms with Crippen LogP contribution < -0.4 is 4.72 Å². The maximum Gasteiger partial charge on any atom is 0.241 e. The van der Waals surface area contributed by atoms with Crippen LogP contribution in [-0.2, 0) is 26.0 Å². The highest BCUT2D eigenvalue weighted by atomic mass is 32.2. The summed E-state index contributed by atoms with van der Waals surface area (Å²) in [4.78, 5) is 30.3. The average molecular weight is 397 g/mol. The number of sulfonamides is 1. The zero-order valence-corrected chi connectivity index (χ0v) is 17.1. The first-order valence-corrected chi connectivity index (χ1v) is 10.4. The molecule has 2 rings (SSSR count). The van der Waals surface area contributed by atoms with Gasteiger partial charge < -0.3 is 9.80 Å². The van der Waals surface area contributed by atoms with E-state index in [1.54, 1.807) is 36.0 Å². The molecule has 1 aromatic rings. The third kappa shape index (κ3) is 5.27. The Balaban J connectivity index is 1.94. The predicted molar refractivity (Wildman–Crippen MR) is 103 cm³/mol. The third-order valence-electron chi connectivity index (χ3n) is 4.86. The van der Waals surface area contributed by atoms with Gasteiger partial charge in [-0.05, 0) is 38.2 Å². The molecule has 8 nitrogen and oxygen atoms in total. The van der Waals surface area contributed by atoms with Crippen molar-refractivity contribution < 1.29 is 18.0 Å². The highest BCUT2D eigenvalue weighted by Crippen LogP contribution is 2.14. The molecule has 1 unspecified atom stereocenters. The minimum Gasteiger partial charge on any atom is -0.347 e. The van der Waals surface area contributed by atoms with Crippen LogP contribution in [0, 0.1) is 0 Å². The van der Waals surface area contributed by atoms with Crippen LogP contribution in [0.2, 0.25) is 0 Å². The van der Waals surface area contributed by atoms with Crippen molar-refractivity contribution in [2.45, 2.75) is 23.8 Å². The van der Waals surface area contributed by atoms with Crippen molar-refractivity contribution in [2.75, 3.05) is 47.8 Å². The Morgan fingerprint density at radius 3 is 2.37 bits per heavy atom. The fraction of sp³-hybridized carbons (Fsp3) is 0.556. The van der Waals surface area contributed by atoms with Crippen LogP contribution in [0.3, 0.4) is 0 Å². The van der Waals surface area contributed by atoms with Crippen molar-refractivity contribution in [1.82, 2.24) is 19.4 Å². The second-order valence-corrected chi connectivity index (χ2v) is 8.81. The lowest BCUT2D eigenvalue weighted by Gasteiger charge is -2.39. The first-order chi connectivity index (χ1) is 12.7. The number of likely N-dealkylation sites (N-methyl/N-ethyl adjacent to an activating group) is 2. The Hall–Kier alpha value is -1.97. The standard InChI is InChI=1S/C18H28N4O4S/c1-19-27(25,26)15-8-5-14(6-9-15)7-10-17(23)22-12-11-21(4)16(13-22)18(24)20(2)3/h5-6,8-9,16,19H,7,10-13H2,1-4H3. The number of benzene rings is 1.